The lowest BCUT2D eigenvalue weighted by Gasteiger charge is -2.26. The summed E-state index contributed by atoms with van der Waals surface area (Å²) < 4.78 is 32.9. The first kappa shape index (κ1) is 22.6. The average molecular weight is 451 g/mol. The van der Waals surface area contributed by atoms with Crippen LogP contribution in [0.25, 0.3) is 0 Å². The molecule has 0 bridgehead atoms. The maximum Gasteiger partial charge on any atom is 0.252 e. The van der Waals surface area contributed by atoms with Gasteiger partial charge in [-0.1, -0.05) is 35.7 Å². The van der Waals surface area contributed by atoms with E-state index in [1.807, 2.05) is 32.0 Å². The fraction of sp³-hybridized carbons (Fsp3) is 0.409. The van der Waals surface area contributed by atoms with Crippen molar-refractivity contribution in [2.75, 3.05) is 26.2 Å². The molecule has 8 heteroatoms. The molecule has 0 radical (unpaired) electrons. The van der Waals surface area contributed by atoms with Crippen molar-refractivity contribution in [3.63, 3.8) is 0 Å². The zero-order valence-corrected chi connectivity index (χ0v) is 18.9. The van der Waals surface area contributed by atoms with Crippen molar-refractivity contribution in [3.8, 4) is 5.75 Å². The smallest absolute Gasteiger partial charge is 0.252 e. The first-order valence-electron chi connectivity index (χ1n) is 10.1. The van der Waals surface area contributed by atoms with Crippen molar-refractivity contribution in [2.45, 2.75) is 38.0 Å². The number of carbonyl (C=O) groups is 1. The summed E-state index contributed by atoms with van der Waals surface area (Å²) in [6.45, 7) is 5.55. The molecule has 3 rings (SSSR count). The minimum atomic E-state index is -3.63. The molecule has 0 spiro atoms. The number of halogens is 1. The van der Waals surface area contributed by atoms with Gasteiger partial charge in [-0.2, -0.15) is 4.31 Å². The fourth-order valence-electron chi connectivity index (χ4n) is 3.48. The van der Waals surface area contributed by atoms with Crippen LogP contribution in [0.15, 0.2) is 41.3 Å². The molecule has 0 saturated carbocycles. The van der Waals surface area contributed by atoms with Crippen LogP contribution < -0.4 is 10.1 Å². The molecule has 0 atom stereocenters. The van der Waals surface area contributed by atoms with E-state index in [4.69, 9.17) is 16.3 Å². The standard InChI is InChI=1S/C22H27ClN2O4S/c1-16-6-9-21(17(2)14-16)29-13-10-24-22(26)19-15-18(7-8-20(19)23)30(27,28)25-11-4-3-5-12-25/h6-9,14-15H,3-5,10-13H2,1-2H3,(H,24,26). The molecule has 1 fully saturated rings. The highest BCUT2D eigenvalue weighted by Gasteiger charge is 2.27. The second kappa shape index (κ2) is 9.81. The fourth-order valence-corrected chi connectivity index (χ4v) is 5.22. The Morgan fingerprint density at radius 3 is 2.53 bits per heavy atom. The van der Waals surface area contributed by atoms with Crippen LogP contribution in [-0.4, -0.2) is 44.9 Å². The predicted molar refractivity (Wildman–Crippen MR) is 118 cm³/mol. The number of benzene rings is 2. The third-order valence-electron chi connectivity index (χ3n) is 5.11. The van der Waals surface area contributed by atoms with Crippen LogP contribution in [0.4, 0.5) is 0 Å². The van der Waals surface area contributed by atoms with Crippen LogP contribution >= 0.6 is 11.6 Å². The average Bonchev–Trinajstić information content (AvgIpc) is 2.73. The third kappa shape index (κ3) is 5.33. The van der Waals surface area contributed by atoms with Crippen molar-refractivity contribution in [3.05, 3.63) is 58.1 Å². The zero-order chi connectivity index (χ0) is 21.7. The highest BCUT2D eigenvalue weighted by atomic mass is 35.5. The summed E-state index contributed by atoms with van der Waals surface area (Å²) in [6, 6.07) is 10.2. The number of amides is 1. The lowest BCUT2D eigenvalue weighted by molar-refractivity contribution is 0.0947. The largest absolute Gasteiger partial charge is 0.491 e. The van der Waals surface area contributed by atoms with E-state index >= 15 is 0 Å². The Morgan fingerprint density at radius 1 is 1.10 bits per heavy atom. The molecular weight excluding hydrogens is 424 g/mol. The monoisotopic (exact) mass is 450 g/mol. The van der Waals surface area contributed by atoms with E-state index in [2.05, 4.69) is 5.32 Å². The van der Waals surface area contributed by atoms with Gasteiger partial charge >= 0.3 is 0 Å². The Hall–Kier alpha value is -2.09. The SMILES string of the molecule is Cc1ccc(OCCNC(=O)c2cc(S(=O)(=O)N3CCCCC3)ccc2Cl)c(C)c1. The van der Waals surface area contributed by atoms with E-state index in [0.29, 0.717) is 19.7 Å². The van der Waals surface area contributed by atoms with Crippen LogP contribution in [0.2, 0.25) is 5.02 Å². The number of nitrogens with zero attached hydrogens (tertiary/aromatic N) is 1. The molecule has 2 aromatic carbocycles. The normalized spacial score (nSPS) is 15.0. The molecule has 1 aliphatic rings. The van der Waals surface area contributed by atoms with Crippen LogP contribution in [0.5, 0.6) is 5.75 Å². The van der Waals surface area contributed by atoms with Gasteiger partial charge in [0.1, 0.15) is 12.4 Å². The molecule has 0 aliphatic carbocycles. The summed E-state index contributed by atoms with van der Waals surface area (Å²) in [4.78, 5) is 12.7. The topological polar surface area (TPSA) is 75.7 Å². The van der Waals surface area contributed by atoms with Gasteiger partial charge in [-0.25, -0.2) is 8.42 Å². The quantitative estimate of drug-likeness (QED) is 0.648. The van der Waals surface area contributed by atoms with Gasteiger partial charge in [0.05, 0.1) is 22.0 Å². The molecule has 1 aliphatic heterocycles. The summed E-state index contributed by atoms with van der Waals surface area (Å²) in [5, 5.41) is 2.95. The Bertz CT molecular complexity index is 1020. The van der Waals surface area contributed by atoms with Crippen molar-refractivity contribution >= 4 is 27.5 Å². The number of carbonyl (C=O) groups excluding carboxylic acids is 1. The Morgan fingerprint density at radius 2 is 1.83 bits per heavy atom. The molecule has 0 aromatic heterocycles. The first-order chi connectivity index (χ1) is 14.3. The number of hydrogen-bond donors (Lipinski definition) is 1. The summed E-state index contributed by atoms with van der Waals surface area (Å²) in [5.74, 6) is 0.336. The predicted octanol–water partition coefficient (Wildman–Crippen LogP) is 3.94. The first-order valence-corrected chi connectivity index (χ1v) is 11.9. The lowest BCUT2D eigenvalue weighted by Crippen LogP contribution is -2.35. The van der Waals surface area contributed by atoms with E-state index in [-0.39, 0.29) is 22.0 Å². The summed E-state index contributed by atoms with van der Waals surface area (Å²) in [7, 11) is -3.63. The lowest BCUT2D eigenvalue weighted by atomic mass is 10.1. The number of hydrogen-bond acceptors (Lipinski definition) is 4. The molecule has 2 aromatic rings. The van der Waals surface area contributed by atoms with E-state index in [1.165, 1.54) is 22.5 Å². The maximum atomic E-state index is 12.9. The van der Waals surface area contributed by atoms with Gasteiger partial charge in [0.2, 0.25) is 10.0 Å². The second-order valence-corrected chi connectivity index (χ2v) is 9.82. The third-order valence-corrected chi connectivity index (χ3v) is 7.34. The van der Waals surface area contributed by atoms with E-state index < -0.39 is 15.9 Å². The van der Waals surface area contributed by atoms with Gasteiger partial charge in [-0.15, -0.1) is 0 Å². The van der Waals surface area contributed by atoms with Crippen LogP contribution in [0.1, 0.15) is 40.7 Å². The van der Waals surface area contributed by atoms with Gasteiger partial charge in [0.15, 0.2) is 0 Å². The summed E-state index contributed by atoms with van der Waals surface area (Å²) in [6.07, 6.45) is 2.73. The molecule has 1 saturated heterocycles. The number of nitrogens with one attached hydrogen (secondary N) is 1. The molecule has 1 heterocycles. The minimum Gasteiger partial charge on any atom is -0.491 e. The van der Waals surface area contributed by atoms with Gasteiger partial charge in [-0.05, 0) is 56.5 Å². The van der Waals surface area contributed by atoms with E-state index in [1.54, 1.807) is 0 Å². The van der Waals surface area contributed by atoms with Crippen LogP contribution in [-0.2, 0) is 10.0 Å². The van der Waals surface area contributed by atoms with E-state index in [0.717, 1.165) is 36.1 Å². The van der Waals surface area contributed by atoms with Crippen LogP contribution in [0.3, 0.4) is 0 Å². The second-order valence-electron chi connectivity index (χ2n) is 7.48. The number of ether oxygens (including phenoxy) is 1. The van der Waals surface area contributed by atoms with Gasteiger partial charge in [-0.3, -0.25) is 4.79 Å². The summed E-state index contributed by atoms with van der Waals surface area (Å²) >= 11 is 6.17. The highest BCUT2D eigenvalue weighted by molar-refractivity contribution is 7.89. The zero-order valence-electron chi connectivity index (χ0n) is 17.3. The molecule has 30 heavy (non-hydrogen) atoms. The number of sulfonamides is 1. The maximum absolute atomic E-state index is 12.9. The molecule has 1 amide bonds. The summed E-state index contributed by atoms with van der Waals surface area (Å²) in [5.41, 5.74) is 2.32. The van der Waals surface area contributed by atoms with Crippen molar-refractivity contribution < 1.29 is 17.9 Å². The van der Waals surface area contributed by atoms with Gasteiger partial charge < -0.3 is 10.1 Å². The molecule has 1 N–H and O–H groups in total. The van der Waals surface area contributed by atoms with Crippen molar-refractivity contribution in [2.24, 2.45) is 0 Å². The van der Waals surface area contributed by atoms with E-state index in [9.17, 15) is 13.2 Å². The van der Waals surface area contributed by atoms with Crippen molar-refractivity contribution in [1.82, 2.24) is 9.62 Å². The number of rotatable bonds is 7. The van der Waals surface area contributed by atoms with Gasteiger partial charge in [0, 0.05) is 13.1 Å². The Balaban J connectivity index is 1.63. The van der Waals surface area contributed by atoms with Crippen LogP contribution in [0, 0.1) is 13.8 Å². The Labute approximate surface area is 183 Å². The highest BCUT2D eigenvalue weighted by Crippen LogP contribution is 2.25. The Kier molecular flexibility index (Phi) is 7.39. The molecule has 162 valence electrons. The number of aryl methyl sites for hydroxylation is 2. The molecule has 0 unspecified atom stereocenters. The van der Waals surface area contributed by atoms with Gasteiger partial charge in [0.25, 0.3) is 5.91 Å². The van der Waals surface area contributed by atoms with Crippen molar-refractivity contribution in [1.29, 1.82) is 0 Å². The minimum absolute atomic E-state index is 0.0884. The molecular formula is C22H27ClN2O4S. The number of piperidine rings is 1. The molecule has 6 nitrogen and oxygen atoms in total.